The zero-order chi connectivity index (χ0) is 15.2. The van der Waals surface area contributed by atoms with Crippen LogP contribution in [0.4, 0.5) is 5.69 Å². The molecule has 4 nitrogen and oxygen atoms in total. The van der Waals surface area contributed by atoms with Gasteiger partial charge in [0.05, 0.1) is 19.9 Å². The van der Waals surface area contributed by atoms with Crippen LogP contribution in [0.5, 0.6) is 0 Å². The molecule has 1 aliphatic rings. The first kappa shape index (κ1) is 14.8. The van der Waals surface area contributed by atoms with Crippen LogP contribution in [0.1, 0.15) is 5.56 Å². The van der Waals surface area contributed by atoms with E-state index in [4.69, 9.17) is 9.73 Å². The third-order valence-corrected chi connectivity index (χ3v) is 3.73. The molecule has 0 spiro atoms. The molecule has 114 valence electrons. The summed E-state index contributed by atoms with van der Waals surface area (Å²) in [7, 11) is 1.73. The molecular weight excluding hydrogens is 274 g/mol. The molecule has 4 heteroatoms. The Bertz CT molecular complexity index is 613. The van der Waals surface area contributed by atoms with Crippen LogP contribution >= 0.6 is 0 Å². The fraction of sp³-hybridized carbons (Fsp3) is 0.278. The maximum atomic E-state index is 5.19. The van der Waals surface area contributed by atoms with E-state index in [2.05, 4.69) is 58.3 Å². The van der Waals surface area contributed by atoms with Crippen molar-refractivity contribution in [2.45, 2.75) is 0 Å². The highest BCUT2D eigenvalue weighted by atomic mass is 16.5. The van der Waals surface area contributed by atoms with Gasteiger partial charge in [-0.05, 0) is 12.1 Å². The van der Waals surface area contributed by atoms with Crippen LogP contribution in [0, 0.1) is 0 Å². The van der Waals surface area contributed by atoms with E-state index in [0.29, 0.717) is 6.67 Å². The van der Waals surface area contributed by atoms with Crippen LogP contribution in [0.15, 0.2) is 65.7 Å². The second-order valence-corrected chi connectivity index (χ2v) is 5.28. The van der Waals surface area contributed by atoms with E-state index in [1.54, 1.807) is 7.11 Å². The van der Waals surface area contributed by atoms with E-state index in [1.807, 2.05) is 12.1 Å². The minimum absolute atomic E-state index is 0.705. The molecule has 1 heterocycles. The Balaban J connectivity index is 1.90. The van der Waals surface area contributed by atoms with Gasteiger partial charge in [0.25, 0.3) is 0 Å². The minimum atomic E-state index is 0.705. The van der Waals surface area contributed by atoms with Crippen LogP contribution in [0.25, 0.3) is 0 Å². The maximum absolute atomic E-state index is 5.19. The molecule has 1 aliphatic heterocycles. The molecule has 0 atom stereocenters. The van der Waals surface area contributed by atoms with E-state index >= 15 is 0 Å². The van der Waals surface area contributed by atoms with Gasteiger partial charge < -0.3 is 9.64 Å². The average molecular weight is 295 g/mol. The topological polar surface area (TPSA) is 28.1 Å². The largest absolute Gasteiger partial charge is 0.383 e. The van der Waals surface area contributed by atoms with Crippen molar-refractivity contribution in [3.05, 3.63) is 66.2 Å². The lowest BCUT2D eigenvalue weighted by Gasteiger charge is -2.36. The van der Waals surface area contributed by atoms with Crippen molar-refractivity contribution in [3.63, 3.8) is 0 Å². The van der Waals surface area contributed by atoms with Gasteiger partial charge in [-0.25, -0.2) is 0 Å². The molecular formula is C18H21N3O. The van der Waals surface area contributed by atoms with Gasteiger partial charge in [0.15, 0.2) is 0 Å². The van der Waals surface area contributed by atoms with E-state index in [-0.39, 0.29) is 0 Å². The molecule has 0 aliphatic carbocycles. The summed E-state index contributed by atoms with van der Waals surface area (Å²) in [6, 6.07) is 20.8. The van der Waals surface area contributed by atoms with Crippen molar-refractivity contribution in [1.29, 1.82) is 0 Å². The first-order valence-electron chi connectivity index (χ1n) is 7.52. The number of ether oxygens (including phenoxy) is 1. The highest BCUT2D eigenvalue weighted by Gasteiger charge is 2.22. The zero-order valence-corrected chi connectivity index (χ0v) is 12.9. The number of aliphatic imine (C=N–C) groups is 1. The number of anilines is 1. The average Bonchev–Trinajstić information content (AvgIpc) is 2.61. The third kappa shape index (κ3) is 3.35. The third-order valence-electron chi connectivity index (χ3n) is 3.73. The molecule has 0 fully saturated rings. The van der Waals surface area contributed by atoms with Crippen molar-refractivity contribution in [1.82, 2.24) is 4.90 Å². The molecule has 0 radical (unpaired) electrons. The Hall–Kier alpha value is -2.17. The Kier molecular flexibility index (Phi) is 4.83. The summed E-state index contributed by atoms with van der Waals surface area (Å²) in [6.07, 6.45) is 0. The standard InChI is InChI=1S/C18H21N3O/c1-22-13-12-20-14-19-18(16-8-4-2-5-9-16)21(15-20)17-10-6-3-7-11-17/h2-11H,12-15H2,1H3. The number of para-hydroxylation sites is 1. The summed E-state index contributed by atoms with van der Waals surface area (Å²) in [5, 5.41) is 0. The van der Waals surface area contributed by atoms with Gasteiger partial charge in [0.2, 0.25) is 0 Å². The molecule has 2 aromatic carbocycles. The number of methoxy groups -OCH3 is 1. The summed E-state index contributed by atoms with van der Waals surface area (Å²) in [5.41, 5.74) is 2.31. The Morgan fingerprint density at radius 2 is 1.68 bits per heavy atom. The van der Waals surface area contributed by atoms with Crippen molar-refractivity contribution in [3.8, 4) is 0 Å². The van der Waals surface area contributed by atoms with E-state index in [0.717, 1.165) is 36.9 Å². The molecule has 0 aromatic heterocycles. The van der Waals surface area contributed by atoms with E-state index in [9.17, 15) is 0 Å². The fourth-order valence-corrected chi connectivity index (χ4v) is 2.57. The second kappa shape index (κ2) is 7.20. The summed E-state index contributed by atoms with van der Waals surface area (Å²) in [5.74, 6) is 1.03. The number of benzene rings is 2. The Labute approximate surface area is 131 Å². The van der Waals surface area contributed by atoms with Crippen LogP contribution in [0.2, 0.25) is 0 Å². The predicted octanol–water partition coefficient (Wildman–Crippen LogP) is 2.82. The van der Waals surface area contributed by atoms with Crippen molar-refractivity contribution in [2.75, 3.05) is 38.5 Å². The lowest BCUT2D eigenvalue weighted by atomic mass is 10.1. The van der Waals surface area contributed by atoms with Crippen molar-refractivity contribution >= 4 is 11.5 Å². The molecule has 0 amide bonds. The van der Waals surface area contributed by atoms with Gasteiger partial charge in [-0.3, -0.25) is 9.89 Å². The monoisotopic (exact) mass is 295 g/mol. The predicted molar refractivity (Wildman–Crippen MR) is 90.2 cm³/mol. The quantitative estimate of drug-likeness (QED) is 0.849. The van der Waals surface area contributed by atoms with Gasteiger partial charge in [-0.1, -0.05) is 48.5 Å². The highest BCUT2D eigenvalue weighted by Crippen LogP contribution is 2.20. The zero-order valence-electron chi connectivity index (χ0n) is 12.9. The molecule has 0 bridgehead atoms. The molecule has 0 saturated heterocycles. The normalized spacial score (nSPS) is 15.7. The molecule has 3 rings (SSSR count). The Morgan fingerprint density at radius 1 is 1.00 bits per heavy atom. The van der Waals surface area contributed by atoms with Gasteiger partial charge in [0, 0.05) is 24.9 Å². The fourth-order valence-electron chi connectivity index (χ4n) is 2.57. The number of amidine groups is 1. The molecule has 0 unspecified atom stereocenters. The SMILES string of the molecule is COCCN1CN=C(c2ccccc2)N(c2ccccc2)C1. The number of hydrogen-bond acceptors (Lipinski definition) is 4. The second-order valence-electron chi connectivity index (χ2n) is 5.28. The van der Waals surface area contributed by atoms with Crippen molar-refractivity contribution < 1.29 is 4.74 Å². The van der Waals surface area contributed by atoms with Crippen LogP contribution in [-0.4, -0.2) is 44.3 Å². The molecule has 22 heavy (non-hydrogen) atoms. The molecule has 2 aromatic rings. The number of hydrogen-bond donors (Lipinski definition) is 0. The van der Waals surface area contributed by atoms with Crippen LogP contribution < -0.4 is 4.90 Å². The lowest BCUT2D eigenvalue weighted by molar-refractivity contribution is 0.149. The summed E-state index contributed by atoms with van der Waals surface area (Å²) < 4.78 is 5.19. The Morgan fingerprint density at radius 3 is 2.36 bits per heavy atom. The first-order valence-corrected chi connectivity index (χ1v) is 7.52. The number of rotatable bonds is 5. The molecule has 0 saturated carbocycles. The van der Waals surface area contributed by atoms with Crippen LogP contribution in [0.3, 0.4) is 0 Å². The van der Waals surface area contributed by atoms with Crippen molar-refractivity contribution in [2.24, 2.45) is 4.99 Å². The van der Waals surface area contributed by atoms with Gasteiger partial charge >= 0.3 is 0 Å². The molecule has 0 N–H and O–H groups in total. The van der Waals surface area contributed by atoms with Gasteiger partial charge in [-0.2, -0.15) is 0 Å². The summed E-state index contributed by atoms with van der Waals surface area (Å²) in [4.78, 5) is 9.34. The smallest absolute Gasteiger partial charge is 0.137 e. The lowest BCUT2D eigenvalue weighted by Crippen LogP contribution is -2.47. The van der Waals surface area contributed by atoms with Gasteiger partial charge in [0.1, 0.15) is 5.84 Å². The van der Waals surface area contributed by atoms with Crippen LogP contribution in [-0.2, 0) is 4.74 Å². The van der Waals surface area contributed by atoms with E-state index < -0.39 is 0 Å². The summed E-state index contributed by atoms with van der Waals surface area (Å²) in [6.45, 7) is 3.13. The highest BCUT2D eigenvalue weighted by molar-refractivity contribution is 6.10. The maximum Gasteiger partial charge on any atom is 0.137 e. The minimum Gasteiger partial charge on any atom is -0.383 e. The number of nitrogens with zero attached hydrogens (tertiary/aromatic N) is 3. The van der Waals surface area contributed by atoms with Gasteiger partial charge in [-0.15, -0.1) is 0 Å². The first-order chi connectivity index (χ1) is 10.9. The summed E-state index contributed by atoms with van der Waals surface area (Å²) >= 11 is 0. The van der Waals surface area contributed by atoms with E-state index in [1.165, 1.54) is 0 Å².